The van der Waals surface area contributed by atoms with Crippen LogP contribution in [0.5, 0.6) is 17.2 Å². The van der Waals surface area contributed by atoms with E-state index in [2.05, 4.69) is 4.98 Å². The van der Waals surface area contributed by atoms with Crippen molar-refractivity contribution < 1.29 is 23.4 Å². The number of benzene rings is 2. The molecule has 6 nitrogen and oxygen atoms in total. The van der Waals surface area contributed by atoms with Crippen LogP contribution in [0.25, 0.3) is 10.6 Å². The smallest absolute Gasteiger partial charge is 0.270 e. The highest BCUT2D eigenvalue weighted by atomic mass is 32.1. The molecule has 0 spiro atoms. The first-order valence-corrected chi connectivity index (χ1v) is 9.77. The number of thiazole rings is 1. The van der Waals surface area contributed by atoms with E-state index in [4.69, 9.17) is 14.2 Å². The fourth-order valence-corrected chi connectivity index (χ4v) is 4.23. The van der Waals surface area contributed by atoms with Gasteiger partial charge in [0.25, 0.3) is 5.91 Å². The van der Waals surface area contributed by atoms with Gasteiger partial charge in [0.1, 0.15) is 28.1 Å². The van der Waals surface area contributed by atoms with E-state index in [1.54, 1.807) is 38.2 Å². The fourth-order valence-electron chi connectivity index (χ4n) is 3.22. The van der Waals surface area contributed by atoms with Crippen LogP contribution >= 0.6 is 11.3 Å². The summed E-state index contributed by atoms with van der Waals surface area (Å²) < 4.78 is 29.6. The number of carbonyl (C=O) groups is 1. The lowest BCUT2D eigenvalue weighted by molar-refractivity contribution is 0.0979. The lowest BCUT2D eigenvalue weighted by Gasteiger charge is -2.29. The Balaban J connectivity index is 1.68. The van der Waals surface area contributed by atoms with Gasteiger partial charge in [0.05, 0.1) is 32.1 Å². The Kier molecular flexibility index (Phi) is 5.10. The Morgan fingerprint density at radius 3 is 2.72 bits per heavy atom. The maximum Gasteiger partial charge on any atom is 0.270 e. The topological polar surface area (TPSA) is 60.9 Å². The highest BCUT2D eigenvalue weighted by Crippen LogP contribution is 2.37. The number of methoxy groups -OCH3 is 2. The third-order valence-corrected chi connectivity index (χ3v) is 5.85. The summed E-state index contributed by atoms with van der Waals surface area (Å²) in [4.78, 5) is 20.0. The van der Waals surface area contributed by atoms with E-state index in [-0.39, 0.29) is 5.91 Å². The first-order chi connectivity index (χ1) is 14.0. The van der Waals surface area contributed by atoms with Gasteiger partial charge >= 0.3 is 0 Å². The summed E-state index contributed by atoms with van der Waals surface area (Å²) in [6.45, 7) is 2.50. The second-order valence-corrected chi connectivity index (χ2v) is 7.42. The third kappa shape index (κ3) is 3.51. The molecule has 3 aromatic rings. The van der Waals surface area contributed by atoms with Crippen LogP contribution < -0.4 is 19.1 Å². The van der Waals surface area contributed by atoms with E-state index in [1.807, 2.05) is 12.1 Å². The molecular weight excluding hydrogens is 395 g/mol. The van der Waals surface area contributed by atoms with Gasteiger partial charge in [-0.25, -0.2) is 9.37 Å². The number of carbonyl (C=O) groups excluding carboxylic acids is 1. The zero-order valence-corrected chi connectivity index (χ0v) is 17.0. The van der Waals surface area contributed by atoms with Gasteiger partial charge in [0.15, 0.2) is 11.5 Å². The average molecular weight is 414 g/mol. The molecule has 0 saturated carbocycles. The Labute approximate surface area is 171 Å². The van der Waals surface area contributed by atoms with E-state index in [0.717, 1.165) is 5.56 Å². The highest BCUT2D eigenvalue weighted by Gasteiger charge is 2.28. The van der Waals surface area contributed by atoms with Crippen molar-refractivity contribution in [2.24, 2.45) is 0 Å². The monoisotopic (exact) mass is 414 g/mol. The molecule has 0 unspecified atom stereocenters. The predicted octanol–water partition coefficient (Wildman–Crippen LogP) is 4.31. The lowest BCUT2D eigenvalue weighted by atomic mass is 10.2. The van der Waals surface area contributed by atoms with Gasteiger partial charge in [-0.3, -0.25) is 4.79 Å². The maximum absolute atomic E-state index is 13.5. The number of amides is 1. The van der Waals surface area contributed by atoms with Crippen LogP contribution in [-0.4, -0.2) is 38.3 Å². The van der Waals surface area contributed by atoms with Crippen molar-refractivity contribution in [1.82, 2.24) is 4.98 Å². The summed E-state index contributed by atoms with van der Waals surface area (Å²) in [5.41, 5.74) is 2.03. The van der Waals surface area contributed by atoms with E-state index in [1.165, 1.54) is 23.5 Å². The van der Waals surface area contributed by atoms with Crippen LogP contribution in [0.15, 0.2) is 36.4 Å². The number of ether oxygens (including phenoxy) is 3. The number of nitrogens with zero attached hydrogens (tertiary/aromatic N) is 2. The summed E-state index contributed by atoms with van der Waals surface area (Å²) in [5, 5.41) is 0.708. The SMILES string of the molecule is COc1ccc(-c2nc(C)c(C(=O)N3CCOc4cc(F)ccc43)s2)cc1OC. The summed E-state index contributed by atoms with van der Waals surface area (Å²) in [6.07, 6.45) is 0. The average Bonchev–Trinajstić information content (AvgIpc) is 3.13. The number of hydrogen-bond donors (Lipinski definition) is 0. The van der Waals surface area contributed by atoms with Gasteiger partial charge in [-0.1, -0.05) is 0 Å². The second-order valence-electron chi connectivity index (χ2n) is 6.42. The van der Waals surface area contributed by atoms with Crippen LogP contribution in [0.3, 0.4) is 0 Å². The number of rotatable bonds is 4. The van der Waals surface area contributed by atoms with E-state index >= 15 is 0 Å². The quantitative estimate of drug-likeness (QED) is 0.637. The summed E-state index contributed by atoms with van der Waals surface area (Å²) >= 11 is 1.31. The van der Waals surface area contributed by atoms with Gasteiger partial charge in [-0.15, -0.1) is 11.3 Å². The first kappa shape index (κ1) is 19.2. The summed E-state index contributed by atoms with van der Waals surface area (Å²) in [7, 11) is 3.15. The molecular formula is C21H19FN2O4S. The molecule has 1 aliphatic heterocycles. The molecule has 150 valence electrons. The molecule has 0 atom stereocenters. The number of aromatic nitrogens is 1. The van der Waals surface area contributed by atoms with Gasteiger partial charge < -0.3 is 19.1 Å². The molecule has 0 N–H and O–H groups in total. The Hall–Kier alpha value is -3.13. The Bertz CT molecular complexity index is 1080. The van der Waals surface area contributed by atoms with Gasteiger partial charge in [0.2, 0.25) is 0 Å². The van der Waals surface area contributed by atoms with Crippen LogP contribution in [0, 0.1) is 12.7 Å². The number of fused-ring (bicyclic) bond motifs is 1. The minimum Gasteiger partial charge on any atom is -0.493 e. The van der Waals surface area contributed by atoms with Crippen LogP contribution in [0.4, 0.5) is 10.1 Å². The molecule has 1 aliphatic rings. The molecule has 1 aromatic heterocycles. The molecule has 4 rings (SSSR count). The van der Waals surface area contributed by atoms with Crippen LogP contribution in [0.2, 0.25) is 0 Å². The van der Waals surface area contributed by atoms with E-state index in [0.29, 0.717) is 51.7 Å². The van der Waals surface area contributed by atoms with Crippen molar-refractivity contribution in [3.8, 4) is 27.8 Å². The maximum atomic E-state index is 13.5. The van der Waals surface area contributed by atoms with Crippen molar-refractivity contribution in [3.63, 3.8) is 0 Å². The van der Waals surface area contributed by atoms with Crippen molar-refractivity contribution in [3.05, 3.63) is 52.8 Å². The van der Waals surface area contributed by atoms with Crippen molar-refractivity contribution in [2.75, 3.05) is 32.3 Å². The Morgan fingerprint density at radius 2 is 1.97 bits per heavy atom. The summed E-state index contributed by atoms with van der Waals surface area (Å²) in [6, 6.07) is 9.69. The number of aryl methyl sites for hydroxylation is 1. The zero-order valence-electron chi connectivity index (χ0n) is 16.2. The molecule has 2 aromatic carbocycles. The van der Waals surface area contributed by atoms with Crippen molar-refractivity contribution in [2.45, 2.75) is 6.92 Å². The molecule has 0 saturated heterocycles. The predicted molar refractivity (Wildman–Crippen MR) is 109 cm³/mol. The van der Waals surface area contributed by atoms with Crippen molar-refractivity contribution >= 4 is 22.9 Å². The van der Waals surface area contributed by atoms with Crippen LogP contribution in [-0.2, 0) is 0 Å². The Morgan fingerprint density at radius 1 is 1.17 bits per heavy atom. The zero-order chi connectivity index (χ0) is 20.5. The second kappa shape index (κ2) is 7.71. The standard InChI is InChI=1S/C21H19FN2O4S/c1-12-19(21(25)24-8-9-28-17-11-14(22)5-6-15(17)24)29-20(23-12)13-4-7-16(26-2)18(10-13)27-3/h4-7,10-11H,8-9H2,1-3H3. The molecule has 0 fully saturated rings. The van der Waals surface area contributed by atoms with Crippen LogP contribution in [0.1, 0.15) is 15.4 Å². The number of hydrogen-bond acceptors (Lipinski definition) is 6. The fraction of sp³-hybridized carbons (Fsp3) is 0.238. The van der Waals surface area contributed by atoms with Crippen molar-refractivity contribution in [1.29, 1.82) is 0 Å². The van der Waals surface area contributed by atoms with Gasteiger partial charge in [-0.05, 0) is 37.3 Å². The molecule has 2 heterocycles. The molecule has 29 heavy (non-hydrogen) atoms. The lowest BCUT2D eigenvalue weighted by Crippen LogP contribution is -2.37. The third-order valence-electron chi connectivity index (χ3n) is 4.65. The number of anilines is 1. The minimum absolute atomic E-state index is 0.178. The largest absolute Gasteiger partial charge is 0.493 e. The molecule has 0 bridgehead atoms. The highest BCUT2D eigenvalue weighted by molar-refractivity contribution is 7.17. The normalized spacial score (nSPS) is 12.9. The van der Waals surface area contributed by atoms with Gasteiger partial charge in [-0.2, -0.15) is 0 Å². The molecule has 1 amide bonds. The molecule has 0 aliphatic carbocycles. The van der Waals surface area contributed by atoms with E-state index < -0.39 is 5.82 Å². The molecule has 0 radical (unpaired) electrons. The number of halogens is 1. The van der Waals surface area contributed by atoms with Gasteiger partial charge in [0, 0.05) is 11.6 Å². The summed E-state index contributed by atoms with van der Waals surface area (Å²) in [5.74, 6) is 1.00. The van der Waals surface area contributed by atoms with E-state index in [9.17, 15) is 9.18 Å². The minimum atomic E-state index is -0.400. The molecule has 8 heteroatoms. The first-order valence-electron chi connectivity index (χ1n) is 8.96.